The van der Waals surface area contributed by atoms with Gasteiger partial charge in [0.1, 0.15) is 11.4 Å². The van der Waals surface area contributed by atoms with Gasteiger partial charge in [0.25, 0.3) is 0 Å². The summed E-state index contributed by atoms with van der Waals surface area (Å²) in [5.74, 6) is 0.562. The number of hydrogen-bond donors (Lipinski definition) is 2. The summed E-state index contributed by atoms with van der Waals surface area (Å²) in [6.07, 6.45) is 3.36. The molecule has 1 aromatic carbocycles. The van der Waals surface area contributed by atoms with Crippen LogP contribution in [0.25, 0.3) is 11.3 Å². The Hall–Kier alpha value is -2.43. The van der Waals surface area contributed by atoms with Crippen LogP contribution in [-0.4, -0.2) is 16.6 Å². The second kappa shape index (κ2) is 6.77. The van der Waals surface area contributed by atoms with E-state index in [2.05, 4.69) is 22.4 Å². The minimum atomic E-state index is -1.03. The smallest absolute Gasteiger partial charge is 0.136 e. The Bertz CT molecular complexity index is 737. The molecule has 2 N–H and O–H groups in total. The molecular weight excluding hydrogens is 288 g/mol. The van der Waals surface area contributed by atoms with Crippen molar-refractivity contribution in [2.24, 2.45) is 0 Å². The molecule has 0 aliphatic rings. The van der Waals surface area contributed by atoms with Crippen molar-refractivity contribution in [2.75, 3.05) is 6.54 Å². The molecule has 2 heterocycles. The topological polar surface area (TPSA) is 58.3 Å². The lowest BCUT2D eigenvalue weighted by molar-refractivity contribution is 0.0340. The molecule has 4 heteroatoms. The van der Waals surface area contributed by atoms with Crippen molar-refractivity contribution < 1.29 is 9.52 Å². The minimum absolute atomic E-state index is 0.411. The van der Waals surface area contributed by atoms with Gasteiger partial charge in [0.15, 0.2) is 0 Å². The third-order valence-electron chi connectivity index (χ3n) is 3.74. The van der Waals surface area contributed by atoms with Crippen LogP contribution >= 0.6 is 0 Å². The van der Waals surface area contributed by atoms with Crippen molar-refractivity contribution in [1.82, 2.24) is 10.3 Å². The van der Waals surface area contributed by atoms with Gasteiger partial charge < -0.3 is 14.8 Å². The first kappa shape index (κ1) is 15.5. The van der Waals surface area contributed by atoms with Crippen molar-refractivity contribution in [3.63, 3.8) is 0 Å². The first-order valence-corrected chi connectivity index (χ1v) is 7.62. The van der Waals surface area contributed by atoms with E-state index in [1.54, 1.807) is 31.5 Å². The molecule has 3 rings (SSSR count). The zero-order chi connectivity index (χ0) is 16.1. The number of furan rings is 1. The lowest BCUT2D eigenvalue weighted by Gasteiger charge is -2.21. The van der Waals surface area contributed by atoms with Gasteiger partial charge in [0, 0.05) is 24.8 Å². The first-order chi connectivity index (χ1) is 11.1. The van der Waals surface area contributed by atoms with E-state index < -0.39 is 5.60 Å². The van der Waals surface area contributed by atoms with E-state index in [4.69, 9.17) is 4.42 Å². The van der Waals surface area contributed by atoms with E-state index >= 15 is 0 Å². The Balaban J connectivity index is 1.63. The molecule has 0 spiro atoms. The van der Waals surface area contributed by atoms with Crippen LogP contribution in [0.5, 0.6) is 0 Å². The fourth-order valence-electron chi connectivity index (χ4n) is 2.50. The second-order valence-corrected chi connectivity index (χ2v) is 5.77. The molecule has 23 heavy (non-hydrogen) atoms. The first-order valence-electron chi connectivity index (χ1n) is 7.62. The van der Waals surface area contributed by atoms with E-state index in [1.807, 2.05) is 30.3 Å². The zero-order valence-corrected chi connectivity index (χ0v) is 13.1. The number of benzene rings is 1. The van der Waals surface area contributed by atoms with Crippen molar-refractivity contribution in [3.8, 4) is 11.3 Å². The van der Waals surface area contributed by atoms with Crippen LogP contribution in [0.1, 0.15) is 18.2 Å². The van der Waals surface area contributed by atoms with Crippen molar-refractivity contribution in [1.29, 1.82) is 0 Å². The van der Waals surface area contributed by atoms with Crippen LogP contribution in [-0.2, 0) is 12.1 Å². The van der Waals surface area contributed by atoms with Crippen LogP contribution < -0.4 is 5.32 Å². The van der Waals surface area contributed by atoms with Gasteiger partial charge in [0.2, 0.25) is 0 Å². The van der Waals surface area contributed by atoms with Gasteiger partial charge in [0.05, 0.1) is 12.0 Å². The molecule has 0 amide bonds. The number of nitrogens with one attached hydrogen (secondary N) is 1. The van der Waals surface area contributed by atoms with Crippen molar-refractivity contribution >= 4 is 0 Å². The lowest BCUT2D eigenvalue weighted by atomic mass is 10.0. The van der Waals surface area contributed by atoms with Gasteiger partial charge in [-0.3, -0.25) is 4.98 Å². The van der Waals surface area contributed by atoms with Gasteiger partial charge in [-0.1, -0.05) is 24.3 Å². The summed E-state index contributed by atoms with van der Waals surface area (Å²) in [6.45, 7) is 2.81. The molecule has 2 aromatic heterocycles. The summed E-state index contributed by atoms with van der Waals surface area (Å²) in [6, 6.07) is 17.7. The highest BCUT2D eigenvalue weighted by atomic mass is 16.4. The second-order valence-electron chi connectivity index (χ2n) is 5.77. The van der Waals surface area contributed by atoms with Crippen molar-refractivity contribution in [2.45, 2.75) is 19.1 Å². The van der Waals surface area contributed by atoms with E-state index in [9.17, 15) is 5.11 Å². The van der Waals surface area contributed by atoms with E-state index in [1.165, 1.54) is 0 Å². The SMILES string of the molecule is CC(O)(CNCc1cccc(-c2ccccn2)c1)c1ccco1. The summed E-state index contributed by atoms with van der Waals surface area (Å²) < 4.78 is 5.28. The van der Waals surface area contributed by atoms with Crippen LogP contribution in [0.3, 0.4) is 0 Å². The summed E-state index contributed by atoms with van der Waals surface area (Å²) in [4.78, 5) is 4.37. The van der Waals surface area contributed by atoms with Gasteiger partial charge >= 0.3 is 0 Å². The summed E-state index contributed by atoms with van der Waals surface area (Å²) >= 11 is 0. The molecule has 0 radical (unpaired) electrons. The third-order valence-corrected chi connectivity index (χ3v) is 3.74. The molecule has 118 valence electrons. The summed E-state index contributed by atoms with van der Waals surface area (Å²) in [5, 5.41) is 13.7. The number of pyridine rings is 1. The predicted molar refractivity (Wildman–Crippen MR) is 89.7 cm³/mol. The van der Waals surface area contributed by atoms with Crippen LogP contribution in [0, 0.1) is 0 Å². The van der Waals surface area contributed by atoms with Gasteiger partial charge in [-0.2, -0.15) is 0 Å². The van der Waals surface area contributed by atoms with Gasteiger partial charge in [-0.15, -0.1) is 0 Å². The number of nitrogens with zero attached hydrogens (tertiary/aromatic N) is 1. The Labute approximate surface area is 135 Å². The van der Waals surface area contributed by atoms with Gasteiger partial charge in [-0.05, 0) is 42.8 Å². The molecule has 0 fully saturated rings. The number of hydrogen-bond acceptors (Lipinski definition) is 4. The molecule has 0 saturated heterocycles. The third kappa shape index (κ3) is 3.86. The standard InChI is InChI=1S/C19H20N2O2/c1-19(22,18-9-5-11-23-18)14-20-13-15-6-4-7-16(12-15)17-8-2-3-10-21-17/h2-12,20,22H,13-14H2,1H3. The van der Waals surface area contributed by atoms with Crippen LogP contribution in [0.4, 0.5) is 0 Å². The minimum Gasteiger partial charge on any atom is -0.466 e. The fourth-order valence-corrected chi connectivity index (χ4v) is 2.50. The molecule has 3 aromatic rings. The Morgan fingerprint density at radius 1 is 1.13 bits per heavy atom. The average molecular weight is 308 g/mol. The largest absolute Gasteiger partial charge is 0.466 e. The predicted octanol–water partition coefficient (Wildman–Crippen LogP) is 3.34. The molecule has 0 aliphatic carbocycles. The maximum Gasteiger partial charge on any atom is 0.136 e. The number of aliphatic hydroxyl groups is 1. The highest BCUT2D eigenvalue weighted by Gasteiger charge is 2.25. The van der Waals surface area contributed by atoms with Crippen molar-refractivity contribution in [3.05, 3.63) is 78.4 Å². The molecule has 1 unspecified atom stereocenters. The highest BCUT2D eigenvalue weighted by Crippen LogP contribution is 2.21. The quantitative estimate of drug-likeness (QED) is 0.733. The van der Waals surface area contributed by atoms with E-state index in [-0.39, 0.29) is 0 Å². The normalized spacial score (nSPS) is 13.7. The fraction of sp³-hybridized carbons (Fsp3) is 0.211. The molecule has 0 bridgehead atoms. The molecule has 4 nitrogen and oxygen atoms in total. The molecule has 0 saturated carbocycles. The lowest BCUT2D eigenvalue weighted by Crippen LogP contribution is -2.34. The Kier molecular flexibility index (Phi) is 4.55. The molecular formula is C19H20N2O2. The average Bonchev–Trinajstić information content (AvgIpc) is 3.11. The molecule has 1 atom stereocenters. The highest BCUT2D eigenvalue weighted by molar-refractivity contribution is 5.59. The summed E-state index contributed by atoms with van der Waals surface area (Å²) in [5.41, 5.74) is 2.16. The molecule has 0 aliphatic heterocycles. The monoisotopic (exact) mass is 308 g/mol. The van der Waals surface area contributed by atoms with E-state index in [0.717, 1.165) is 16.8 Å². The maximum absolute atomic E-state index is 10.4. The number of rotatable bonds is 6. The van der Waals surface area contributed by atoms with Gasteiger partial charge in [-0.25, -0.2) is 0 Å². The Morgan fingerprint density at radius 2 is 2.04 bits per heavy atom. The maximum atomic E-state index is 10.4. The number of aromatic nitrogens is 1. The van der Waals surface area contributed by atoms with Crippen LogP contribution in [0.15, 0.2) is 71.5 Å². The van der Waals surface area contributed by atoms with E-state index in [0.29, 0.717) is 18.8 Å². The summed E-state index contributed by atoms with van der Waals surface area (Å²) in [7, 11) is 0. The zero-order valence-electron chi connectivity index (χ0n) is 13.1. The van der Waals surface area contributed by atoms with Crippen LogP contribution in [0.2, 0.25) is 0 Å². The Morgan fingerprint density at radius 3 is 2.78 bits per heavy atom.